The van der Waals surface area contributed by atoms with Gasteiger partial charge in [-0.3, -0.25) is 4.79 Å². The summed E-state index contributed by atoms with van der Waals surface area (Å²) in [6, 6.07) is 12.8. The summed E-state index contributed by atoms with van der Waals surface area (Å²) >= 11 is 3.24. The van der Waals surface area contributed by atoms with Crippen LogP contribution in [0.2, 0.25) is 0 Å². The molecule has 0 spiro atoms. The lowest BCUT2D eigenvalue weighted by Crippen LogP contribution is -2.12. The summed E-state index contributed by atoms with van der Waals surface area (Å²) in [6.45, 7) is 0. The van der Waals surface area contributed by atoms with Crippen LogP contribution >= 0.6 is 15.9 Å². The van der Waals surface area contributed by atoms with Crippen molar-refractivity contribution in [2.45, 2.75) is 0 Å². The van der Waals surface area contributed by atoms with Gasteiger partial charge in [0.1, 0.15) is 4.60 Å². The number of halogens is 1. The van der Waals surface area contributed by atoms with Gasteiger partial charge in [-0.2, -0.15) is 5.10 Å². The van der Waals surface area contributed by atoms with Gasteiger partial charge in [-0.25, -0.2) is 9.67 Å². The molecule has 0 atom stereocenters. The molecular weight excluding hydrogens is 332 g/mol. The number of carbonyl (C=O) groups is 1. The maximum Gasteiger partial charge on any atom is 0.257 e. The number of aromatic nitrogens is 3. The molecule has 6 heteroatoms. The largest absolute Gasteiger partial charge is 0.322 e. The first-order valence-corrected chi connectivity index (χ1v) is 7.05. The van der Waals surface area contributed by atoms with Crippen LogP contribution in [0, 0.1) is 0 Å². The number of nitrogens with one attached hydrogen (secondary N) is 1. The summed E-state index contributed by atoms with van der Waals surface area (Å²) in [7, 11) is 0. The number of amides is 1. The number of nitrogens with zero attached hydrogens (tertiary/aromatic N) is 3. The Morgan fingerprint density at radius 1 is 1.19 bits per heavy atom. The molecule has 0 saturated carbocycles. The fourth-order valence-corrected chi connectivity index (χ4v) is 2.10. The zero-order chi connectivity index (χ0) is 14.7. The predicted octanol–water partition coefficient (Wildman–Crippen LogP) is 3.28. The van der Waals surface area contributed by atoms with E-state index in [2.05, 4.69) is 31.3 Å². The van der Waals surface area contributed by atoms with E-state index in [1.165, 1.54) is 6.20 Å². The average Bonchev–Trinajstić information content (AvgIpc) is 3.02. The number of hydrogen-bond donors (Lipinski definition) is 1. The van der Waals surface area contributed by atoms with Gasteiger partial charge in [0.15, 0.2) is 0 Å². The van der Waals surface area contributed by atoms with E-state index in [1.54, 1.807) is 23.0 Å². The standard InChI is InChI=1S/C15H11BrN4O/c16-14-6-5-11(10-17-14)15(21)19-12-3-1-4-13(9-12)20-8-2-7-18-20/h1-10H,(H,19,21). The zero-order valence-electron chi connectivity index (χ0n) is 10.9. The second-order valence-electron chi connectivity index (χ2n) is 4.32. The SMILES string of the molecule is O=C(Nc1cccc(-n2cccn2)c1)c1ccc(Br)nc1. The normalized spacial score (nSPS) is 10.3. The lowest BCUT2D eigenvalue weighted by atomic mass is 10.2. The fraction of sp³-hybridized carbons (Fsp3) is 0. The van der Waals surface area contributed by atoms with Crippen molar-refractivity contribution in [3.63, 3.8) is 0 Å². The van der Waals surface area contributed by atoms with Crippen LogP contribution < -0.4 is 5.32 Å². The Hall–Kier alpha value is -2.47. The summed E-state index contributed by atoms with van der Waals surface area (Å²) in [5, 5.41) is 7.01. The van der Waals surface area contributed by atoms with Crippen molar-refractivity contribution in [2.24, 2.45) is 0 Å². The van der Waals surface area contributed by atoms with Crippen molar-refractivity contribution in [3.8, 4) is 5.69 Å². The second-order valence-corrected chi connectivity index (χ2v) is 5.14. The minimum atomic E-state index is -0.201. The summed E-state index contributed by atoms with van der Waals surface area (Å²) in [6.07, 6.45) is 5.08. The molecule has 1 aromatic carbocycles. The van der Waals surface area contributed by atoms with Crippen LogP contribution in [0.25, 0.3) is 5.69 Å². The van der Waals surface area contributed by atoms with Crippen molar-refractivity contribution in [2.75, 3.05) is 5.32 Å². The molecule has 3 rings (SSSR count). The third-order valence-corrected chi connectivity index (χ3v) is 3.33. The van der Waals surface area contributed by atoms with Gasteiger partial charge in [0.25, 0.3) is 5.91 Å². The van der Waals surface area contributed by atoms with Gasteiger partial charge in [-0.15, -0.1) is 0 Å². The number of pyridine rings is 1. The third-order valence-electron chi connectivity index (χ3n) is 2.86. The number of carbonyl (C=O) groups excluding carboxylic acids is 1. The second kappa shape index (κ2) is 5.88. The molecular formula is C15H11BrN4O. The van der Waals surface area contributed by atoms with Crippen molar-refractivity contribution in [1.82, 2.24) is 14.8 Å². The van der Waals surface area contributed by atoms with Crippen molar-refractivity contribution >= 4 is 27.5 Å². The van der Waals surface area contributed by atoms with Gasteiger partial charge in [-0.1, -0.05) is 6.07 Å². The van der Waals surface area contributed by atoms with E-state index in [9.17, 15) is 4.79 Å². The summed E-state index contributed by atoms with van der Waals surface area (Å²) in [5.74, 6) is -0.201. The third kappa shape index (κ3) is 3.17. The molecule has 5 nitrogen and oxygen atoms in total. The molecule has 0 aliphatic rings. The van der Waals surface area contributed by atoms with Crippen LogP contribution in [0.3, 0.4) is 0 Å². The van der Waals surface area contributed by atoms with Gasteiger partial charge in [-0.05, 0) is 52.3 Å². The van der Waals surface area contributed by atoms with Crippen molar-refractivity contribution in [3.05, 3.63) is 71.2 Å². The molecule has 104 valence electrons. The number of hydrogen-bond acceptors (Lipinski definition) is 3. The van der Waals surface area contributed by atoms with Crippen LogP contribution in [0.5, 0.6) is 0 Å². The van der Waals surface area contributed by atoms with E-state index in [0.29, 0.717) is 15.9 Å². The van der Waals surface area contributed by atoms with E-state index in [-0.39, 0.29) is 5.91 Å². The Labute approximate surface area is 129 Å². The zero-order valence-corrected chi connectivity index (χ0v) is 12.5. The molecule has 0 aliphatic heterocycles. The molecule has 2 aromatic heterocycles. The maximum absolute atomic E-state index is 12.1. The molecule has 0 bridgehead atoms. The molecule has 0 fully saturated rings. The van der Waals surface area contributed by atoms with Crippen LogP contribution in [0.4, 0.5) is 5.69 Å². The highest BCUT2D eigenvalue weighted by Crippen LogP contribution is 2.15. The van der Waals surface area contributed by atoms with Gasteiger partial charge in [0.05, 0.1) is 11.3 Å². The predicted molar refractivity (Wildman–Crippen MR) is 83.5 cm³/mol. The molecule has 0 saturated heterocycles. The Morgan fingerprint density at radius 3 is 2.81 bits per heavy atom. The lowest BCUT2D eigenvalue weighted by Gasteiger charge is -2.07. The van der Waals surface area contributed by atoms with Crippen molar-refractivity contribution < 1.29 is 4.79 Å². The summed E-state index contributed by atoms with van der Waals surface area (Å²) in [4.78, 5) is 16.2. The molecule has 1 N–H and O–H groups in total. The summed E-state index contributed by atoms with van der Waals surface area (Å²) < 4.78 is 2.43. The molecule has 0 radical (unpaired) electrons. The molecule has 2 heterocycles. The van der Waals surface area contributed by atoms with Gasteiger partial charge in [0.2, 0.25) is 0 Å². The molecule has 3 aromatic rings. The highest BCUT2D eigenvalue weighted by Gasteiger charge is 2.07. The van der Waals surface area contributed by atoms with E-state index < -0.39 is 0 Å². The highest BCUT2D eigenvalue weighted by molar-refractivity contribution is 9.10. The molecule has 1 amide bonds. The van der Waals surface area contributed by atoms with E-state index in [1.807, 2.05) is 36.5 Å². The topological polar surface area (TPSA) is 59.8 Å². The quantitative estimate of drug-likeness (QED) is 0.743. The van der Waals surface area contributed by atoms with Crippen LogP contribution in [0.15, 0.2) is 65.7 Å². The van der Waals surface area contributed by atoms with Gasteiger partial charge < -0.3 is 5.32 Å². The van der Waals surface area contributed by atoms with E-state index in [4.69, 9.17) is 0 Å². The van der Waals surface area contributed by atoms with Crippen LogP contribution in [0.1, 0.15) is 10.4 Å². The van der Waals surface area contributed by atoms with E-state index >= 15 is 0 Å². The van der Waals surface area contributed by atoms with Crippen LogP contribution in [-0.4, -0.2) is 20.7 Å². The Bertz CT molecular complexity index is 754. The van der Waals surface area contributed by atoms with Gasteiger partial charge >= 0.3 is 0 Å². The lowest BCUT2D eigenvalue weighted by molar-refractivity contribution is 0.102. The first kappa shape index (κ1) is 13.5. The van der Waals surface area contributed by atoms with E-state index in [0.717, 1.165) is 5.69 Å². The molecule has 0 aliphatic carbocycles. The highest BCUT2D eigenvalue weighted by atomic mass is 79.9. The number of rotatable bonds is 3. The number of benzene rings is 1. The smallest absolute Gasteiger partial charge is 0.257 e. The monoisotopic (exact) mass is 342 g/mol. The number of anilines is 1. The first-order chi connectivity index (χ1) is 10.2. The summed E-state index contributed by atoms with van der Waals surface area (Å²) in [5.41, 5.74) is 2.09. The maximum atomic E-state index is 12.1. The molecule has 0 unspecified atom stereocenters. The minimum absolute atomic E-state index is 0.201. The Morgan fingerprint density at radius 2 is 2.10 bits per heavy atom. The fourth-order valence-electron chi connectivity index (χ4n) is 1.86. The van der Waals surface area contributed by atoms with Crippen molar-refractivity contribution in [1.29, 1.82) is 0 Å². The molecule has 21 heavy (non-hydrogen) atoms. The first-order valence-electron chi connectivity index (χ1n) is 6.25. The minimum Gasteiger partial charge on any atom is -0.322 e. The Kier molecular flexibility index (Phi) is 3.79. The van der Waals surface area contributed by atoms with Crippen LogP contribution in [-0.2, 0) is 0 Å². The Balaban J connectivity index is 1.80. The van der Waals surface area contributed by atoms with Gasteiger partial charge in [0, 0.05) is 24.3 Å². The average molecular weight is 343 g/mol.